The maximum atomic E-state index is 14.3. The van der Waals surface area contributed by atoms with Crippen molar-refractivity contribution in [3.63, 3.8) is 0 Å². The van der Waals surface area contributed by atoms with E-state index in [1.165, 1.54) is 0 Å². The largest absolute Gasteiger partial charge is 0.247 e. The molecule has 2 aromatic rings. The van der Waals surface area contributed by atoms with Crippen molar-refractivity contribution >= 4 is 6.08 Å². The Kier molecular flexibility index (Phi) is 5.08. The molecular formula is C21H21F3. The zero-order chi connectivity index (χ0) is 17.1. The molecule has 0 aromatic heterocycles. The van der Waals surface area contributed by atoms with Gasteiger partial charge < -0.3 is 0 Å². The molecule has 0 bridgehead atoms. The highest BCUT2D eigenvalue weighted by molar-refractivity contribution is 5.67. The van der Waals surface area contributed by atoms with Crippen molar-refractivity contribution in [3.8, 4) is 11.1 Å². The second-order valence-electron chi connectivity index (χ2n) is 6.40. The van der Waals surface area contributed by atoms with Crippen LogP contribution in [-0.2, 0) is 0 Å². The molecule has 1 fully saturated rings. The summed E-state index contributed by atoms with van der Waals surface area (Å²) in [5, 5.41) is 0. The molecule has 1 aliphatic carbocycles. The van der Waals surface area contributed by atoms with Crippen LogP contribution in [0.5, 0.6) is 0 Å². The highest BCUT2D eigenvalue weighted by Crippen LogP contribution is 2.35. The van der Waals surface area contributed by atoms with Crippen molar-refractivity contribution in [2.75, 3.05) is 0 Å². The van der Waals surface area contributed by atoms with E-state index in [4.69, 9.17) is 0 Å². The van der Waals surface area contributed by atoms with Crippen LogP contribution in [-0.4, -0.2) is 6.17 Å². The molecule has 0 heterocycles. The molecule has 0 atom stereocenters. The van der Waals surface area contributed by atoms with Crippen molar-refractivity contribution in [2.45, 2.75) is 44.7 Å². The quantitative estimate of drug-likeness (QED) is 0.590. The van der Waals surface area contributed by atoms with Crippen molar-refractivity contribution < 1.29 is 13.2 Å². The molecule has 0 unspecified atom stereocenters. The molecule has 0 amide bonds. The predicted octanol–water partition coefficient (Wildman–Crippen LogP) is 6.66. The van der Waals surface area contributed by atoms with E-state index in [1.807, 2.05) is 24.3 Å². The summed E-state index contributed by atoms with van der Waals surface area (Å²) >= 11 is 0. The van der Waals surface area contributed by atoms with Gasteiger partial charge in [0.05, 0.1) is 0 Å². The molecule has 0 spiro atoms. The van der Waals surface area contributed by atoms with Crippen molar-refractivity contribution in [1.29, 1.82) is 0 Å². The first-order valence-electron chi connectivity index (χ1n) is 8.45. The van der Waals surface area contributed by atoms with Crippen molar-refractivity contribution in [3.05, 3.63) is 65.2 Å². The lowest BCUT2D eigenvalue weighted by atomic mass is 9.83. The fourth-order valence-corrected chi connectivity index (χ4v) is 3.42. The third-order valence-electron chi connectivity index (χ3n) is 4.81. The summed E-state index contributed by atoms with van der Waals surface area (Å²) in [6.07, 6.45) is 5.47. The number of rotatable bonds is 3. The standard InChI is InChI=1S/C21H21F3/c1-2-3-17-10-13-19(21(24)20(17)23)16-6-4-14(5-7-16)15-8-11-18(22)12-9-15/h2-7,10,13,15,18H,8-9,11-12H2,1H3/b3-2-. The third-order valence-corrected chi connectivity index (χ3v) is 4.81. The topological polar surface area (TPSA) is 0 Å². The fraction of sp³-hybridized carbons (Fsp3) is 0.333. The van der Waals surface area contributed by atoms with Crippen LogP contribution in [0.25, 0.3) is 17.2 Å². The first-order chi connectivity index (χ1) is 11.6. The molecule has 0 N–H and O–H groups in total. The lowest BCUT2D eigenvalue weighted by Crippen LogP contribution is -2.13. The molecule has 126 valence electrons. The monoisotopic (exact) mass is 330 g/mol. The summed E-state index contributed by atoms with van der Waals surface area (Å²) in [6, 6.07) is 10.8. The van der Waals surface area contributed by atoms with Crippen LogP contribution in [0.15, 0.2) is 42.5 Å². The average Bonchev–Trinajstić information content (AvgIpc) is 2.60. The van der Waals surface area contributed by atoms with Crippen LogP contribution in [0.2, 0.25) is 0 Å². The maximum absolute atomic E-state index is 14.3. The zero-order valence-electron chi connectivity index (χ0n) is 13.7. The molecule has 1 saturated carbocycles. The molecule has 0 saturated heterocycles. The number of hydrogen-bond acceptors (Lipinski definition) is 0. The summed E-state index contributed by atoms with van der Waals surface area (Å²) in [5.74, 6) is -1.28. The van der Waals surface area contributed by atoms with Crippen LogP contribution in [0.4, 0.5) is 13.2 Å². The Morgan fingerprint density at radius 1 is 0.875 bits per heavy atom. The van der Waals surface area contributed by atoms with Gasteiger partial charge in [0.1, 0.15) is 6.17 Å². The van der Waals surface area contributed by atoms with Gasteiger partial charge >= 0.3 is 0 Å². The van der Waals surface area contributed by atoms with Crippen molar-refractivity contribution in [2.24, 2.45) is 0 Å². The van der Waals surface area contributed by atoms with E-state index >= 15 is 0 Å². The van der Waals surface area contributed by atoms with E-state index in [0.717, 1.165) is 18.4 Å². The van der Waals surface area contributed by atoms with Gasteiger partial charge in [-0.05, 0) is 49.7 Å². The van der Waals surface area contributed by atoms with Crippen LogP contribution in [0.3, 0.4) is 0 Å². The first-order valence-corrected chi connectivity index (χ1v) is 8.45. The molecule has 0 radical (unpaired) electrons. The lowest BCUT2D eigenvalue weighted by molar-refractivity contribution is 0.235. The Morgan fingerprint density at radius 3 is 2.17 bits per heavy atom. The average molecular weight is 330 g/mol. The van der Waals surface area contributed by atoms with Crippen LogP contribution >= 0.6 is 0 Å². The SMILES string of the molecule is C/C=C\c1ccc(-c2ccc(C3CCC(F)CC3)cc2)c(F)c1F. The Labute approximate surface area is 141 Å². The Bertz CT molecular complexity index is 723. The van der Waals surface area contributed by atoms with Gasteiger partial charge in [-0.1, -0.05) is 48.6 Å². The molecule has 3 rings (SSSR count). The predicted molar refractivity (Wildman–Crippen MR) is 92.6 cm³/mol. The smallest absolute Gasteiger partial charge is 0.167 e. The summed E-state index contributed by atoms with van der Waals surface area (Å²) in [6.45, 7) is 1.76. The molecule has 2 aromatic carbocycles. The van der Waals surface area contributed by atoms with Gasteiger partial charge in [0.15, 0.2) is 11.6 Å². The van der Waals surface area contributed by atoms with E-state index in [9.17, 15) is 13.2 Å². The number of alkyl halides is 1. The van der Waals surface area contributed by atoms with E-state index in [1.54, 1.807) is 31.2 Å². The minimum Gasteiger partial charge on any atom is -0.247 e. The lowest BCUT2D eigenvalue weighted by Gasteiger charge is -2.24. The minimum absolute atomic E-state index is 0.248. The summed E-state index contributed by atoms with van der Waals surface area (Å²) in [4.78, 5) is 0. The number of allylic oxidation sites excluding steroid dienone is 1. The summed E-state index contributed by atoms with van der Waals surface area (Å²) in [5.41, 5.74) is 2.32. The molecular weight excluding hydrogens is 309 g/mol. The summed E-state index contributed by atoms with van der Waals surface area (Å²) < 4.78 is 41.6. The van der Waals surface area contributed by atoms with Gasteiger partial charge in [0, 0.05) is 11.1 Å². The van der Waals surface area contributed by atoms with Gasteiger partial charge in [0.25, 0.3) is 0 Å². The highest BCUT2D eigenvalue weighted by Gasteiger charge is 2.22. The van der Waals surface area contributed by atoms with Gasteiger partial charge in [-0.25, -0.2) is 13.2 Å². The van der Waals surface area contributed by atoms with E-state index < -0.39 is 17.8 Å². The van der Waals surface area contributed by atoms with Gasteiger partial charge in [-0.15, -0.1) is 0 Å². The molecule has 24 heavy (non-hydrogen) atoms. The number of hydrogen-bond donors (Lipinski definition) is 0. The van der Waals surface area contributed by atoms with Gasteiger partial charge in [0.2, 0.25) is 0 Å². The minimum atomic E-state index is -0.823. The molecule has 3 heteroatoms. The summed E-state index contributed by atoms with van der Waals surface area (Å²) in [7, 11) is 0. The third kappa shape index (κ3) is 3.40. The van der Waals surface area contributed by atoms with E-state index in [-0.39, 0.29) is 11.1 Å². The van der Waals surface area contributed by atoms with E-state index in [2.05, 4.69) is 0 Å². The Hall–Kier alpha value is -2.03. The number of halogens is 3. The Balaban J connectivity index is 1.85. The fourth-order valence-electron chi connectivity index (χ4n) is 3.42. The van der Waals surface area contributed by atoms with Crippen molar-refractivity contribution in [1.82, 2.24) is 0 Å². The van der Waals surface area contributed by atoms with Crippen LogP contribution in [0.1, 0.15) is 49.7 Å². The second kappa shape index (κ2) is 7.25. The molecule has 0 aliphatic heterocycles. The van der Waals surface area contributed by atoms with Crippen LogP contribution < -0.4 is 0 Å². The van der Waals surface area contributed by atoms with E-state index in [0.29, 0.717) is 24.3 Å². The maximum Gasteiger partial charge on any atom is 0.167 e. The van der Waals surface area contributed by atoms with Gasteiger partial charge in [-0.2, -0.15) is 0 Å². The van der Waals surface area contributed by atoms with Crippen LogP contribution in [0, 0.1) is 11.6 Å². The first kappa shape index (κ1) is 16.8. The zero-order valence-corrected chi connectivity index (χ0v) is 13.7. The highest BCUT2D eigenvalue weighted by atomic mass is 19.2. The van der Waals surface area contributed by atoms with Gasteiger partial charge in [-0.3, -0.25) is 0 Å². The number of benzene rings is 2. The second-order valence-corrected chi connectivity index (χ2v) is 6.40. The Morgan fingerprint density at radius 2 is 1.54 bits per heavy atom. The molecule has 1 aliphatic rings. The normalized spacial score (nSPS) is 21.3. The molecule has 0 nitrogen and oxygen atoms in total.